The molecule has 2 saturated heterocycles. The van der Waals surface area contributed by atoms with Gasteiger partial charge < -0.3 is 15.1 Å². The van der Waals surface area contributed by atoms with Gasteiger partial charge in [-0.1, -0.05) is 0 Å². The van der Waals surface area contributed by atoms with Crippen molar-refractivity contribution < 1.29 is 9.21 Å². The third-order valence-electron chi connectivity index (χ3n) is 3.36. The Morgan fingerprint density at radius 2 is 2.47 bits per heavy atom. The quantitative estimate of drug-likeness (QED) is 0.756. The van der Waals surface area contributed by atoms with Crippen LogP contribution in [0.5, 0.6) is 0 Å². The first-order valence-corrected chi connectivity index (χ1v) is 5.43. The van der Waals surface area contributed by atoms with E-state index >= 15 is 0 Å². The predicted octanol–water partition coefficient (Wildman–Crippen LogP) is 0.902. The molecule has 3 atom stereocenters. The fraction of sp³-hybridized carbons (Fsp3) is 0.545. The first-order chi connectivity index (χ1) is 7.33. The molecule has 0 saturated carbocycles. The summed E-state index contributed by atoms with van der Waals surface area (Å²) < 4.78 is 5.05. The Hall–Kier alpha value is -1.29. The van der Waals surface area contributed by atoms with E-state index < -0.39 is 0 Å². The van der Waals surface area contributed by atoms with Crippen LogP contribution in [0.2, 0.25) is 0 Å². The number of furan rings is 1. The number of fused-ring (bicyclic) bond motifs is 2. The van der Waals surface area contributed by atoms with Crippen LogP contribution in [-0.2, 0) is 0 Å². The van der Waals surface area contributed by atoms with Crippen LogP contribution >= 0.6 is 0 Å². The van der Waals surface area contributed by atoms with Gasteiger partial charge in [0.1, 0.15) is 0 Å². The van der Waals surface area contributed by atoms with E-state index in [1.54, 1.807) is 12.1 Å². The summed E-state index contributed by atoms with van der Waals surface area (Å²) in [4.78, 5) is 11.7. The summed E-state index contributed by atoms with van der Waals surface area (Å²) in [5.41, 5.74) is 0. The molecule has 80 valence electrons. The van der Waals surface area contributed by atoms with E-state index in [1.165, 1.54) is 19.1 Å². The molecular formula is C11H14N2O2. The van der Waals surface area contributed by atoms with Crippen LogP contribution in [0.25, 0.3) is 0 Å². The molecule has 4 nitrogen and oxygen atoms in total. The van der Waals surface area contributed by atoms with E-state index in [4.69, 9.17) is 4.42 Å². The maximum atomic E-state index is 11.7. The minimum Gasteiger partial charge on any atom is -0.459 e. The summed E-state index contributed by atoms with van der Waals surface area (Å²) >= 11 is 0. The number of nitrogens with one attached hydrogen (secondary N) is 2. The molecule has 0 radical (unpaired) electrons. The van der Waals surface area contributed by atoms with Gasteiger partial charge >= 0.3 is 0 Å². The Balaban J connectivity index is 1.64. The van der Waals surface area contributed by atoms with Crippen LogP contribution in [0.15, 0.2) is 22.8 Å². The van der Waals surface area contributed by atoms with Crippen molar-refractivity contribution in [3.8, 4) is 0 Å². The molecule has 0 aromatic carbocycles. The summed E-state index contributed by atoms with van der Waals surface area (Å²) in [6, 6.07) is 4.77. The molecule has 0 spiro atoms. The monoisotopic (exact) mass is 206 g/mol. The maximum Gasteiger partial charge on any atom is 0.287 e. The highest BCUT2D eigenvalue weighted by Crippen LogP contribution is 2.28. The summed E-state index contributed by atoms with van der Waals surface area (Å²) in [6.07, 6.45) is 5.00. The van der Waals surface area contributed by atoms with Gasteiger partial charge in [-0.15, -0.1) is 0 Å². The van der Waals surface area contributed by atoms with Crippen molar-refractivity contribution in [2.45, 2.75) is 37.4 Å². The average molecular weight is 206 g/mol. The van der Waals surface area contributed by atoms with Crippen molar-refractivity contribution in [1.29, 1.82) is 0 Å². The van der Waals surface area contributed by atoms with E-state index in [9.17, 15) is 4.79 Å². The van der Waals surface area contributed by atoms with E-state index in [0.717, 1.165) is 6.42 Å². The molecule has 15 heavy (non-hydrogen) atoms. The van der Waals surface area contributed by atoms with Gasteiger partial charge in [0.2, 0.25) is 0 Å². The van der Waals surface area contributed by atoms with Gasteiger partial charge in [-0.05, 0) is 31.4 Å². The second-order valence-electron chi connectivity index (χ2n) is 4.34. The smallest absolute Gasteiger partial charge is 0.287 e. The van der Waals surface area contributed by atoms with Gasteiger partial charge in [-0.3, -0.25) is 4.79 Å². The average Bonchev–Trinajstić information content (AvgIpc) is 2.95. The third-order valence-corrected chi connectivity index (χ3v) is 3.36. The molecule has 0 unspecified atom stereocenters. The molecule has 1 aromatic rings. The second kappa shape index (κ2) is 3.38. The molecule has 1 amide bonds. The van der Waals surface area contributed by atoms with E-state index in [2.05, 4.69) is 10.6 Å². The van der Waals surface area contributed by atoms with Crippen LogP contribution in [0.3, 0.4) is 0 Å². The molecule has 2 fully saturated rings. The lowest BCUT2D eigenvalue weighted by atomic mass is 9.95. The highest BCUT2D eigenvalue weighted by atomic mass is 16.3. The SMILES string of the molecule is O=C(N[C@@H]1C[C@H]2CC[C@@H]1N2)c1ccco1. The van der Waals surface area contributed by atoms with Crippen LogP contribution in [0.1, 0.15) is 29.8 Å². The lowest BCUT2D eigenvalue weighted by Gasteiger charge is -2.20. The number of rotatable bonds is 2. The normalized spacial score (nSPS) is 33.2. The third kappa shape index (κ3) is 1.55. The van der Waals surface area contributed by atoms with Crippen molar-refractivity contribution in [2.75, 3.05) is 0 Å². The minimum absolute atomic E-state index is 0.0978. The summed E-state index contributed by atoms with van der Waals surface area (Å²) in [5, 5.41) is 6.50. The Morgan fingerprint density at radius 3 is 3.07 bits per heavy atom. The zero-order chi connectivity index (χ0) is 10.3. The molecule has 2 aliphatic rings. The molecule has 0 aliphatic carbocycles. The molecule has 2 aliphatic heterocycles. The highest BCUT2D eigenvalue weighted by Gasteiger charge is 2.39. The number of hydrogen-bond donors (Lipinski definition) is 2. The van der Waals surface area contributed by atoms with Crippen LogP contribution in [-0.4, -0.2) is 24.0 Å². The predicted molar refractivity (Wildman–Crippen MR) is 54.5 cm³/mol. The Kier molecular flexibility index (Phi) is 2.02. The number of hydrogen-bond acceptors (Lipinski definition) is 3. The Labute approximate surface area is 88.0 Å². The first kappa shape index (κ1) is 8.97. The molecular weight excluding hydrogens is 192 g/mol. The van der Waals surface area contributed by atoms with E-state index in [-0.39, 0.29) is 11.9 Å². The Morgan fingerprint density at radius 1 is 1.53 bits per heavy atom. The van der Waals surface area contributed by atoms with Crippen LogP contribution < -0.4 is 10.6 Å². The molecule has 4 heteroatoms. The Bertz CT molecular complexity index is 361. The van der Waals surface area contributed by atoms with Gasteiger partial charge in [0.15, 0.2) is 5.76 Å². The molecule has 1 aromatic heterocycles. The lowest BCUT2D eigenvalue weighted by molar-refractivity contribution is 0.0903. The maximum absolute atomic E-state index is 11.7. The van der Waals surface area contributed by atoms with Gasteiger partial charge in [0.05, 0.1) is 6.26 Å². The van der Waals surface area contributed by atoms with Crippen molar-refractivity contribution in [3.63, 3.8) is 0 Å². The lowest BCUT2D eigenvalue weighted by Crippen LogP contribution is -2.42. The van der Waals surface area contributed by atoms with Crippen molar-refractivity contribution >= 4 is 5.91 Å². The van der Waals surface area contributed by atoms with Gasteiger partial charge in [0, 0.05) is 18.1 Å². The zero-order valence-electron chi connectivity index (χ0n) is 8.40. The number of carbonyl (C=O) groups excluding carboxylic acids is 1. The summed E-state index contributed by atoms with van der Waals surface area (Å²) in [6.45, 7) is 0. The molecule has 3 heterocycles. The van der Waals surface area contributed by atoms with E-state index in [1.807, 2.05) is 0 Å². The van der Waals surface area contributed by atoms with Crippen LogP contribution in [0.4, 0.5) is 0 Å². The summed E-state index contributed by atoms with van der Waals surface area (Å²) in [7, 11) is 0. The first-order valence-electron chi connectivity index (χ1n) is 5.43. The molecule has 2 N–H and O–H groups in total. The topological polar surface area (TPSA) is 54.3 Å². The van der Waals surface area contributed by atoms with Crippen molar-refractivity contribution in [1.82, 2.24) is 10.6 Å². The standard InChI is InChI=1S/C11H14N2O2/c14-11(10-2-1-5-15-10)13-9-6-7-3-4-8(9)12-7/h1-2,5,7-9,12H,3-4,6H2,(H,13,14)/t7-,8+,9-/m1/s1. The van der Waals surface area contributed by atoms with Gasteiger partial charge in [0.25, 0.3) is 5.91 Å². The highest BCUT2D eigenvalue weighted by molar-refractivity contribution is 5.91. The van der Waals surface area contributed by atoms with Crippen molar-refractivity contribution in [3.05, 3.63) is 24.2 Å². The molecule has 2 bridgehead atoms. The number of amides is 1. The second-order valence-corrected chi connectivity index (χ2v) is 4.34. The van der Waals surface area contributed by atoms with Gasteiger partial charge in [-0.2, -0.15) is 0 Å². The summed E-state index contributed by atoms with van der Waals surface area (Å²) in [5.74, 6) is 0.303. The largest absolute Gasteiger partial charge is 0.459 e. The van der Waals surface area contributed by atoms with Crippen LogP contribution in [0, 0.1) is 0 Å². The fourth-order valence-corrected chi connectivity index (χ4v) is 2.63. The van der Waals surface area contributed by atoms with E-state index in [0.29, 0.717) is 17.8 Å². The minimum atomic E-state index is -0.0978. The van der Waals surface area contributed by atoms with Gasteiger partial charge in [-0.25, -0.2) is 0 Å². The zero-order valence-corrected chi connectivity index (χ0v) is 8.40. The van der Waals surface area contributed by atoms with Crippen molar-refractivity contribution in [2.24, 2.45) is 0 Å². The number of carbonyl (C=O) groups is 1. The fourth-order valence-electron chi connectivity index (χ4n) is 2.63. The molecule has 3 rings (SSSR count).